The summed E-state index contributed by atoms with van der Waals surface area (Å²) in [4.78, 5) is 20.2. The second-order valence-electron chi connectivity index (χ2n) is 5.30. The SMILES string of the molecule is O=C(NCc1cccnc1)c1cc(OCC2CC2)c(Cl)cn1. The van der Waals surface area contributed by atoms with Crippen LogP contribution >= 0.6 is 11.6 Å². The quantitative estimate of drug-likeness (QED) is 0.889. The van der Waals surface area contributed by atoms with Crippen LogP contribution in [0.2, 0.25) is 5.02 Å². The minimum Gasteiger partial charge on any atom is -0.492 e. The molecule has 1 amide bonds. The molecule has 114 valence electrons. The molecule has 1 saturated carbocycles. The number of nitrogens with zero attached hydrogens (tertiary/aromatic N) is 2. The van der Waals surface area contributed by atoms with Crippen LogP contribution in [0.5, 0.6) is 5.75 Å². The molecule has 1 aliphatic carbocycles. The number of amides is 1. The van der Waals surface area contributed by atoms with Gasteiger partial charge in [0.15, 0.2) is 0 Å². The Labute approximate surface area is 133 Å². The van der Waals surface area contributed by atoms with Crippen molar-refractivity contribution in [2.24, 2.45) is 5.92 Å². The summed E-state index contributed by atoms with van der Waals surface area (Å²) in [5.41, 5.74) is 1.22. The number of carbonyl (C=O) groups is 1. The summed E-state index contributed by atoms with van der Waals surface area (Å²) in [5, 5.41) is 3.22. The third-order valence-electron chi connectivity index (χ3n) is 3.40. The van der Waals surface area contributed by atoms with Crippen LogP contribution in [-0.4, -0.2) is 22.5 Å². The number of hydrogen-bond acceptors (Lipinski definition) is 4. The van der Waals surface area contributed by atoms with E-state index in [0.29, 0.717) is 35.5 Å². The van der Waals surface area contributed by atoms with Crippen molar-refractivity contribution in [2.45, 2.75) is 19.4 Å². The third kappa shape index (κ3) is 3.95. The van der Waals surface area contributed by atoms with Crippen LogP contribution in [-0.2, 0) is 6.54 Å². The Hall–Kier alpha value is -2.14. The second-order valence-corrected chi connectivity index (χ2v) is 5.71. The molecule has 0 radical (unpaired) electrons. The van der Waals surface area contributed by atoms with E-state index in [1.807, 2.05) is 12.1 Å². The van der Waals surface area contributed by atoms with E-state index in [1.165, 1.54) is 19.0 Å². The summed E-state index contributed by atoms with van der Waals surface area (Å²) < 4.78 is 5.65. The zero-order chi connectivity index (χ0) is 15.4. The molecule has 1 N–H and O–H groups in total. The van der Waals surface area contributed by atoms with Crippen molar-refractivity contribution in [3.05, 3.63) is 53.1 Å². The summed E-state index contributed by atoms with van der Waals surface area (Å²) in [6.07, 6.45) is 7.24. The Bertz CT molecular complexity index is 660. The van der Waals surface area contributed by atoms with Crippen molar-refractivity contribution < 1.29 is 9.53 Å². The number of hydrogen-bond donors (Lipinski definition) is 1. The molecule has 2 aromatic rings. The molecule has 0 atom stereocenters. The maximum atomic E-state index is 12.1. The van der Waals surface area contributed by atoms with Gasteiger partial charge in [-0.3, -0.25) is 9.78 Å². The Morgan fingerprint density at radius 3 is 3.00 bits per heavy atom. The predicted octanol–water partition coefficient (Wildman–Crippen LogP) is 2.85. The summed E-state index contributed by atoms with van der Waals surface area (Å²) in [6, 6.07) is 5.31. The first-order valence-corrected chi connectivity index (χ1v) is 7.55. The average molecular weight is 318 g/mol. The van der Waals surface area contributed by atoms with E-state index in [1.54, 1.807) is 18.5 Å². The summed E-state index contributed by atoms with van der Waals surface area (Å²) in [5.74, 6) is 0.860. The van der Waals surface area contributed by atoms with E-state index >= 15 is 0 Å². The lowest BCUT2D eigenvalue weighted by atomic mass is 10.2. The molecule has 5 nitrogen and oxygen atoms in total. The molecule has 1 aliphatic rings. The molecule has 0 aliphatic heterocycles. The average Bonchev–Trinajstić information content (AvgIpc) is 3.37. The lowest BCUT2D eigenvalue weighted by molar-refractivity contribution is 0.0945. The number of rotatable bonds is 6. The van der Waals surface area contributed by atoms with Gasteiger partial charge in [0.1, 0.15) is 16.5 Å². The fraction of sp³-hybridized carbons (Fsp3) is 0.312. The van der Waals surface area contributed by atoms with Crippen molar-refractivity contribution in [1.82, 2.24) is 15.3 Å². The molecule has 0 spiro atoms. The Kier molecular flexibility index (Phi) is 4.53. The highest BCUT2D eigenvalue weighted by molar-refractivity contribution is 6.32. The third-order valence-corrected chi connectivity index (χ3v) is 3.68. The van der Waals surface area contributed by atoms with E-state index in [-0.39, 0.29) is 5.91 Å². The molecule has 0 unspecified atom stereocenters. The molecule has 0 saturated heterocycles. The first-order valence-electron chi connectivity index (χ1n) is 7.18. The fourth-order valence-electron chi connectivity index (χ4n) is 1.92. The number of pyridine rings is 2. The van der Waals surface area contributed by atoms with Gasteiger partial charge >= 0.3 is 0 Å². The van der Waals surface area contributed by atoms with Gasteiger partial charge in [-0.2, -0.15) is 0 Å². The maximum absolute atomic E-state index is 12.1. The standard InChI is InChI=1S/C16H16ClN3O2/c17-13-9-19-14(6-15(13)22-10-11-3-4-11)16(21)20-8-12-2-1-5-18-7-12/h1-2,5-7,9,11H,3-4,8,10H2,(H,20,21). The van der Waals surface area contributed by atoms with Gasteiger partial charge in [0.25, 0.3) is 5.91 Å². The van der Waals surface area contributed by atoms with Gasteiger partial charge in [-0.15, -0.1) is 0 Å². The maximum Gasteiger partial charge on any atom is 0.270 e. The molecule has 2 aromatic heterocycles. The van der Waals surface area contributed by atoms with Crippen LogP contribution < -0.4 is 10.1 Å². The fourth-order valence-corrected chi connectivity index (χ4v) is 2.08. The zero-order valence-corrected chi connectivity index (χ0v) is 12.7. The van der Waals surface area contributed by atoms with Gasteiger partial charge < -0.3 is 10.1 Å². The molecular formula is C16H16ClN3O2. The van der Waals surface area contributed by atoms with Crippen LogP contribution in [0.4, 0.5) is 0 Å². The topological polar surface area (TPSA) is 64.1 Å². The summed E-state index contributed by atoms with van der Waals surface area (Å²) >= 11 is 6.05. The van der Waals surface area contributed by atoms with E-state index in [4.69, 9.17) is 16.3 Å². The van der Waals surface area contributed by atoms with Crippen molar-refractivity contribution in [3.63, 3.8) is 0 Å². The van der Waals surface area contributed by atoms with Crippen molar-refractivity contribution in [3.8, 4) is 5.75 Å². The summed E-state index contributed by atoms with van der Waals surface area (Å²) in [7, 11) is 0. The highest BCUT2D eigenvalue weighted by atomic mass is 35.5. The first-order chi connectivity index (χ1) is 10.7. The van der Waals surface area contributed by atoms with Crippen LogP contribution in [0.15, 0.2) is 36.8 Å². The molecule has 0 aromatic carbocycles. The van der Waals surface area contributed by atoms with Gasteiger partial charge in [-0.05, 0) is 30.4 Å². The molecule has 6 heteroatoms. The van der Waals surface area contributed by atoms with Crippen LogP contribution in [0.1, 0.15) is 28.9 Å². The smallest absolute Gasteiger partial charge is 0.270 e. The number of carbonyl (C=O) groups excluding carboxylic acids is 1. The van der Waals surface area contributed by atoms with E-state index in [0.717, 1.165) is 5.56 Å². The normalized spacial score (nSPS) is 13.7. The predicted molar refractivity (Wildman–Crippen MR) is 82.9 cm³/mol. The van der Waals surface area contributed by atoms with E-state index in [9.17, 15) is 4.79 Å². The number of ether oxygens (including phenoxy) is 1. The Balaban J connectivity index is 1.62. The van der Waals surface area contributed by atoms with Crippen LogP contribution in [0.25, 0.3) is 0 Å². The van der Waals surface area contributed by atoms with Crippen molar-refractivity contribution in [1.29, 1.82) is 0 Å². The zero-order valence-electron chi connectivity index (χ0n) is 12.0. The van der Waals surface area contributed by atoms with Gasteiger partial charge in [-0.25, -0.2) is 4.98 Å². The van der Waals surface area contributed by atoms with Crippen molar-refractivity contribution in [2.75, 3.05) is 6.61 Å². The number of aromatic nitrogens is 2. The first kappa shape index (κ1) is 14.8. The van der Waals surface area contributed by atoms with E-state index in [2.05, 4.69) is 15.3 Å². The minimum atomic E-state index is -0.267. The number of halogens is 1. The molecule has 1 fully saturated rings. The second kappa shape index (κ2) is 6.75. The van der Waals surface area contributed by atoms with Gasteiger partial charge in [0.2, 0.25) is 0 Å². The number of nitrogens with one attached hydrogen (secondary N) is 1. The molecular weight excluding hydrogens is 302 g/mol. The Morgan fingerprint density at radius 2 is 2.27 bits per heavy atom. The van der Waals surface area contributed by atoms with E-state index < -0.39 is 0 Å². The largest absolute Gasteiger partial charge is 0.492 e. The van der Waals surface area contributed by atoms with Gasteiger partial charge in [0, 0.05) is 25.0 Å². The molecule has 22 heavy (non-hydrogen) atoms. The molecule has 2 heterocycles. The highest BCUT2D eigenvalue weighted by Gasteiger charge is 2.22. The lowest BCUT2D eigenvalue weighted by Gasteiger charge is -2.09. The van der Waals surface area contributed by atoms with Crippen molar-refractivity contribution >= 4 is 17.5 Å². The Morgan fingerprint density at radius 1 is 1.41 bits per heavy atom. The molecule has 3 rings (SSSR count). The summed E-state index contributed by atoms with van der Waals surface area (Å²) in [6.45, 7) is 1.04. The molecule has 0 bridgehead atoms. The van der Waals surface area contributed by atoms with Gasteiger partial charge in [-0.1, -0.05) is 17.7 Å². The van der Waals surface area contributed by atoms with Gasteiger partial charge in [0.05, 0.1) is 12.8 Å². The highest BCUT2D eigenvalue weighted by Crippen LogP contribution is 2.31. The monoisotopic (exact) mass is 317 g/mol. The minimum absolute atomic E-state index is 0.267. The lowest BCUT2D eigenvalue weighted by Crippen LogP contribution is -2.23. The van der Waals surface area contributed by atoms with Crippen LogP contribution in [0, 0.1) is 5.92 Å². The van der Waals surface area contributed by atoms with Crippen LogP contribution in [0.3, 0.4) is 0 Å².